The van der Waals surface area contributed by atoms with Gasteiger partial charge < -0.3 is 4.98 Å². The molecule has 0 amide bonds. The summed E-state index contributed by atoms with van der Waals surface area (Å²) in [6, 6.07) is 0. The number of nitrogens with one attached hydrogen (secondary N) is 1. The monoisotopic (exact) mass is 236 g/mol. The van der Waals surface area contributed by atoms with Gasteiger partial charge in [0.15, 0.2) is 17.9 Å². The molecule has 2 rings (SSSR count). The Balaban J connectivity index is 2.48. The molecule has 1 N–H and O–H groups in total. The molecule has 16 heavy (non-hydrogen) atoms. The number of aromatic amines is 1. The van der Waals surface area contributed by atoms with Crippen molar-refractivity contribution in [3.05, 3.63) is 28.3 Å². The van der Waals surface area contributed by atoms with Crippen molar-refractivity contribution in [1.82, 2.24) is 19.9 Å². The summed E-state index contributed by atoms with van der Waals surface area (Å²) in [5.41, 5.74) is 2.11. The molecule has 2 aromatic rings. The number of aryl methyl sites for hydroxylation is 2. The van der Waals surface area contributed by atoms with Crippen LogP contribution in [0.2, 0.25) is 5.15 Å². The van der Waals surface area contributed by atoms with Crippen molar-refractivity contribution < 1.29 is 4.79 Å². The first-order chi connectivity index (χ1) is 7.61. The van der Waals surface area contributed by atoms with Gasteiger partial charge in [-0.25, -0.2) is 15.0 Å². The molecular formula is C10H9ClN4O. The Labute approximate surface area is 96.9 Å². The van der Waals surface area contributed by atoms with Crippen LogP contribution in [0, 0.1) is 13.8 Å². The maximum atomic E-state index is 10.5. The SMILES string of the molecule is Cc1nc(-c2ncc(C=O)c(Cl)n2)[nH]c1C. The Bertz CT molecular complexity index is 530. The Hall–Kier alpha value is -1.75. The average Bonchev–Trinajstić information content (AvgIpc) is 2.59. The Morgan fingerprint density at radius 2 is 2.12 bits per heavy atom. The minimum absolute atomic E-state index is 0.131. The van der Waals surface area contributed by atoms with E-state index in [2.05, 4.69) is 19.9 Å². The molecule has 0 spiro atoms. The molecule has 0 unspecified atom stereocenters. The van der Waals surface area contributed by atoms with Crippen molar-refractivity contribution in [1.29, 1.82) is 0 Å². The molecule has 5 nitrogen and oxygen atoms in total. The number of H-pyrrole nitrogens is 1. The largest absolute Gasteiger partial charge is 0.339 e. The van der Waals surface area contributed by atoms with Crippen LogP contribution in [0.3, 0.4) is 0 Å². The fourth-order valence-electron chi connectivity index (χ4n) is 1.22. The van der Waals surface area contributed by atoms with E-state index in [1.807, 2.05) is 13.8 Å². The molecule has 82 valence electrons. The van der Waals surface area contributed by atoms with Gasteiger partial charge >= 0.3 is 0 Å². The minimum Gasteiger partial charge on any atom is -0.339 e. The van der Waals surface area contributed by atoms with Crippen LogP contribution >= 0.6 is 11.6 Å². The molecule has 2 aromatic heterocycles. The van der Waals surface area contributed by atoms with E-state index in [0.29, 0.717) is 17.9 Å². The van der Waals surface area contributed by atoms with Gasteiger partial charge in [-0.15, -0.1) is 0 Å². The molecule has 0 bridgehead atoms. The Kier molecular flexibility index (Phi) is 2.70. The zero-order chi connectivity index (χ0) is 11.7. The number of rotatable bonds is 2. The van der Waals surface area contributed by atoms with Crippen LogP contribution in [0.4, 0.5) is 0 Å². The number of hydrogen-bond acceptors (Lipinski definition) is 4. The number of imidazole rings is 1. The van der Waals surface area contributed by atoms with E-state index >= 15 is 0 Å². The maximum absolute atomic E-state index is 10.5. The van der Waals surface area contributed by atoms with E-state index in [4.69, 9.17) is 11.6 Å². The van der Waals surface area contributed by atoms with Crippen LogP contribution in [0.25, 0.3) is 11.6 Å². The first kappa shape index (κ1) is 10.8. The molecule has 0 saturated carbocycles. The van der Waals surface area contributed by atoms with Crippen molar-refractivity contribution in [2.45, 2.75) is 13.8 Å². The third kappa shape index (κ3) is 1.81. The van der Waals surface area contributed by atoms with Crippen LogP contribution in [0.15, 0.2) is 6.20 Å². The van der Waals surface area contributed by atoms with Crippen molar-refractivity contribution >= 4 is 17.9 Å². The van der Waals surface area contributed by atoms with Gasteiger partial charge in [-0.1, -0.05) is 11.6 Å². The topological polar surface area (TPSA) is 71.5 Å². The van der Waals surface area contributed by atoms with Gasteiger partial charge in [-0.05, 0) is 13.8 Å². The zero-order valence-corrected chi connectivity index (χ0v) is 9.54. The summed E-state index contributed by atoms with van der Waals surface area (Å²) in [6.07, 6.45) is 2.00. The summed E-state index contributed by atoms with van der Waals surface area (Å²) in [4.78, 5) is 25.8. The molecule has 6 heteroatoms. The lowest BCUT2D eigenvalue weighted by molar-refractivity contribution is 0.112. The Morgan fingerprint density at radius 3 is 2.62 bits per heavy atom. The lowest BCUT2D eigenvalue weighted by Gasteiger charge is -1.97. The molecule has 0 aliphatic carbocycles. The second kappa shape index (κ2) is 4.02. The van der Waals surface area contributed by atoms with Crippen LogP contribution in [-0.4, -0.2) is 26.2 Å². The predicted molar refractivity (Wildman–Crippen MR) is 59.5 cm³/mol. The van der Waals surface area contributed by atoms with Gasteiger partial charge in [0.05, 0.1) is 11.3 Å². The van der Waals surface area contributed by atoms with Gasteiger partial charge in [0.1, 0.15) is 5.15 Å². The second-order valence-corrected chi connectivity index (χ2v) is 3.71. The molecule has 2 heterocycles. The first-order valence-corrected chi connectivity index (χ1v) is 5.01. The van der Waals surface area contributed by atoms with Gasteiger partial charge in [-0.3, -0.25) is 4.79 Å². The number of carbonyl (C=O) groups excluding carboxylic acids is 1. The number of carbonyl (C=O) groups is 1. The number of aldehydes is 1. The molecule has 0 radical (unpaired) electrons. The summed E-state index contributed by atoms with van der Waals surface area (Å²) in [7, 11) is 0. The average molecular weight is 237 g/mol. The first-order valence-electron chi connectivity index (χ1n) is 4.63. The van der Waals surface area contributed by atoms with E-state index < -0.39 is 0 Å². The van der Waals surface area contributed by atoms with Crippen LogP contribution in [0.1, 0.15) is 21.7 Å². The van der Waals surface area contributed by atoms with E-state index in [0.717, 1.165) is 11.4 Å². The lowest BCUT2D eigenvalue weighted by atomic mass is 10.4. The molecule has 0 aliphatic rings. The third-order valence-electron chi connectivity index (χ3n) is 2.24. The maximum Gasteiger partial charge on any atom is 0.197 e. The fraction of sp³-hybridized carbons (Fsp3) is 0.200. The number of halogens is 1. The summed E-state index contributed by atoms with van der Waals surface area (Å²) < 4.78 is 0. The molecule has 0 aromatic carbocycles. The normalized spacial score (nSPS) is 10.4. The standard InChI is InChI=1S/C10H9ClN4O/c1-5-6(2)14-10(13-5)9-12-3-7(4-16)8(11)15-9/h3-4H,1-2H3,(H,13,14). The smallest absolute Gasteiger partial charge is 0.197 e. The highest BCUT2D eigenvalue weighted by atomic mass is 35.5. The van der Waals surface area contributed by atoms with E-state index in [9.17, 15) is 4.79 Å². The number of aromatic nitrogens is 4. The molecule has 0 atom stereocenters. The van der Waals surface area contributed by atoms with Gasteiger partial charge in [0, 0.05) is 11.9 Å². The predicted octanol–water partition coefficient (Wildman–Crippen LogP) is 1.95. The van der Waals surface area contributed by atoms with Gasteiger partial charge in [0.25, 0.3) is 0 Å². The fourth-order valence-corrected chi connectivity index (χ4v) is 1.39. The van der Waals surface area contributed by atoms with Crippen molar-refractivity contribution in [2.75, 3.05) is 0 Å². The summed E-state index contributed by atoms with van der Waals surface area (Å²) in [6.45, 7) is 3.80. The van der Waals surface area contributed by atoms with E-state index in [1.54, 1.807) is 0 Å². The highest BCUT2D eigenvalue weighted by molar-refractivity contribution is 6.31. The highest BCUT2D eigenvalue weighted by Gasteiger charge is 2.10. The van der Waals surface area contributed by atoms with Crippen LogP contribution < -0.4 is 0 Å². The number of nitrogens with zero attached hydrogens (tertiary/aromatic N) is 3. The lowest BCUT2D eigenvalue weighted by Crippen LogP contribution is -1.95. The highest BCUT2D eigenvalue weighted by Crippen LogP contribution is 2.17. The van der Waals surface area contributed by atoms with E-state index in [1.165, 1.54) is 6.20 Å². The van der Waals surface area contributed by atoms with Crippen molar-refractivity contribution in [3.8, 4) is 11.6 Å². The van der Waals surface area contributed by atoms with Gasteiger partial charge in [-0.2, -0.15) is 0 Å². The summed E-state index contributed by atoms with van der Waals surface area (Å²) in [5, 5.41) is 0.131. The molecule has 0 aliphatic heterocycles. The van der Waals surface area contributed by atoms with Gasteiger partial charge in [0.2, 0.25) is 0 Å². The van der Waals surface area contributed by atoms with Crippen LogP contribution in [0.5, 0.6) is 0 Å². The third-order valence-corrected chi connectivity index (χ3v) is 2.54. The second-order valence-electron chi connectivity index (χ2n) is 3.35. The summed E-state index contributed by atoms with van der Waals surface area (Å²) >= 11 is 5.80. The quantitative estimate of drug-likeness (QED) is 0.639. The van der Waals surface area contributed by atoms with E-state index in [-0.39, 0.29) is 10.7 Å². The summed E-state index contributed by atoms with van der Waals surface area (Å²) in [5.74, 6) is 0.932. The minimum atomic E-state index is 0.131. The zero-order valence-electron chi connectivity index (χ0n) is 8.78. The Morgan fingerprint density at radius 1 is 1.38 bits per heavy atom. The van der Waals surface area contributed by atoms with Crippen molar-refractivity contribution in [3.63, 3.8) is 0 Å². The van der Waals surface area contributed by atoms with Crippen LogP contribution in [-0.2, 0) is 0 Å². The molecule has 0 saturated heterocycles. The molecular weight excluding hydrogens is 228 g/mol. The molecule has 0 fully saturated rings. The number of hydrogen-bond donors (Lipinski definition) is 1. The van der Waals surface area contributed by atoms with Crippen molar-refractivity contribution in [2.24, 2.45) is 0 Å².